The molecule has 6 heteroatoms. The van der Waals surface area contributed by atoms with Crippen molar-refractivity contribution in [3.63, 3.8) is 0 Å². The largest absolute Gasteiger partial charge is 0.497 e. The van der Waals surface area contributed by atoms with E-state index in [4.69, 9.17) is 9.15 Å². The lowest BCUT2D eigenvalue weighted by Crippen LogP contribution is -2.32. The van der Waals surface area contributed by atoms with Crippen molar-refractivity contribution in [2.75, 3.05) is 20.2 Å². The van der Waals surface area contributed by atoms with Crippen LogP contribution in [0.25, 0.3) is 0 Å². The molecule has 0 aliphatic carbocycles. The normalized spacial score (nSPS) is 15.3. The number of benzene rings is 1. The molecule has 2 aromatic rings. The zero-order chi connectivity index (χ0) is 19.2. The fourth-order valence-corrected chi connectivity index (χ4v) is 3.33. The molecular formula is C21H29N3O3. The molecule has 1 unspecified atom stereocenters. The molecule has 0 radical (unpaired) electrons. The Hall–Kier alpha value is -2.34. The number of amides is 1. The highest BCUT2D eigenvalue weighted by molar-refractivity contribution is 5.92. The standard InChI is InChI=1S/C21H29N3O3/c1-4-16(2)24(13-17-7-9-18(26-3)10-8-17)14-20-22-19(15-27-20)21(25)23-11-5-6-12-23/h7-10,15-16H,4-6,11-14H2,1-3H3. The summed E-state index contributed by atoms with van der Waals surface area (Å²) < 4.78 is 10.9. The van der Waals surface area contributed by atoms with Crippen molar-refractivity contribution in [2.45, 2.75) is 52.2 Å². The van der Waals surface area contributed by atoms with Gasteiger partial charge in [0, 0.05) is 25.7 Å². The molecule has 1 atom stereocenters. The van der Waals surface area contributed by atoms with Gasteiger partial charge in [0.1, 0.15) is 12.0 Å². The highest BCUT2D eigenvalue weighted by atomic mass is 16.5. The number of ether oxygens (including phenoxy) is 1. The summed E-state index contributed by atoms with van der Waals surface area (Å²) in [5, 5.41) is 0. The Morgan fingerprint density at radius 1 is 1.26 bits per heavy atom. The van der Waals surface area contributed by atoms with Gasteiger partial charge in [-0.1, -0.05) is 19.1 Å². The van der Waals surface area contributed by atoms with Gasteiger partial charge in [0.25, 0.3) is 5.91 Å². The molecule has 1 aromatic heterocycles. The Bertz CT molecular complexity index is 735. The van der Waals surface area contributed by atoms with Gasteiger partial charge in [0.2, 0.25) is 5.89 Å². The first-order valence-electron chi connectivity index (χ1n) is 9.71. The van der Waals surface area contributed by atoms with Crippen molar-refractivity contribution in [2.24, 2.45) is 0 Å². The van der Waals surface area contributed by atoms with E-state index in [1.54, 1.807) is 7.11 Å². The van der Waals surface area contributed by atoms with Gasteiger partial charge >= 0.3 is 0 Å². The number of nitrogens with zero attached hydrogens (tertiary/aromatic N) is 3. The van der Waals surface area contributed by atoms with Crippen LogP contribution < -0.4 is 4.74 Å². The highest BCUT2D eigenvalue weighted by Crippen LogP contribution is 2.19. The molecule has 0 saturated carbocycles. The van der Waals surface area contributed by atoms with E-state index in [1.165, 1.54) is 11.8 Å². The fourth-order valence-electron chi connectivity index (χ4n) is 3.33. The third kappa shape index (κ3) is 4.89. The molecule has 0 spiro atoms. The Morgan fingerprint density at radius 2 is 1.96 bits per heavy atom. The van der Waals surface area contributed by atoms with Gasteiger partial charge in [0.15, 0.2) is 5.69 Å². The number of likely N-dealkylation sites (tertiary alicyclic amines) is 1. The second-order valence-electron chi connectivity index (χ2n) is 7.14. The first kappa shape index (κ1) is 19.4. The van der Waals surface area contributed by atoms with Gasteiger partial charge in [0.05, 0.1) is 13.7 Å². The van der Waals surface area contributed by atoms with E-state index >= 15 is 0 Å². The van der Waals surface area contributed by atoms with Crippen LogP contribution in [0.5, 0.6) is 5.75 Å². The molecule has 2 heterocycles. The third-order valence-corrected chi connectivity index (χ3v) is 5.26. The molecule has 1 aromatic carbocycles. The summed E-state index contributed by atoms with van der Waals surface area (Å²) >= 11 is 0. The number of aromatic nitrogens is 1. The third-order valence-electron chi connectivity index (χ3n) is 5.26. The van der Waals surface area contributed by atoms with Crippen molar-refractivity contribution in [1.29, 1.82) is 0 Å². The van der Waals surface area contributed by atoms with Gasteiger partial charge < -0.3 is 14.1 Å². The van der Waals surface area contributed by atoms with Gasteiger partial charge in [-0.25, -0.2) is 4.98 Å². The molecular weight excluding hydrogens is 342 g/mol. The van der Waals surface area contributed by atoms with E-state index < -0.39 is 0 Å². The monoisotopic (exact) mass is 371 g/mol. The Kier molecular flexibility index (Phi) is 6.50. The van der Waals surface area contributed by atoms with Crippen molar-refractivity contribution in [3.05, 3.63) is 47.7 Å². The van der Waals surface area contributed by atoms with Gasteiger partial charge in [-0.2, -0.15) is 0 Å². The Morgan fingerprint density at radius 3 is 2.59 bits per heavy atom. The molecule has 1 fully saturated rings. The minimum Gasteiger partial charge on any atom is -0.497 e. The molecule has 1 saturated heterocycles. The predicted molar refractivity (Wildman–Crippen MR) is 104 cm³/mol. The van der Waals surface area contributed by atoms with Crippen molar-refractivity contribution in [3.8, 4) is 5.75 Å². The number of carbonyl (C=O) groups excluding carboxylic acids is 1. The second-order valence-corrected chi connectivity index (χ2v) is 7.14. The van der Waals surface area contributed by atoms with Crippen LogP contribution in [-0.2, 0) is 13.1 Å². The molecule has 0 bridgehead atoms. The number of rotatable bonds is 8. The van der Waals surface area contributed by atoms with Crippen LogP contribution >= 0.6 is 0 Å². The number of carbonyl (C=O) groups is 1. The van der Waals surface area contributed by atoms with Crippen molar-refractivity contribution >= 4 is 5.91 Å². The Balaban J connectivity index is 1.67. The van der Waals surface area contributed by atoms with E-state index in [0.717, 1.165) is 44.6 Å². The molecule has 6 nitrogen and oxygen atoms in total. The van der Waals surface area contributed by atoms with Crippen LogP contribution in [0.15, 0.2) is 34.9 Å². The maximum atomic E-state index is 12.5. The quantitative estimate of drug-likeness (QED) is 0.708. The van der Waals surface area contributed by atoms with Crippen LogP contribution in [0.3, 0.4) is 0 Å². The van der Waals surface area contributed by atoms with Gasteiger partial charge in [-0.3, -0.25) is 9.69 Å². The lowest BCUT2D eigenvalue weighted by atomic mass is 10.1. The Labute approximate surface area is 161 Å². The first-order valence-corrected chi connectivity index (χ1v) is 9.71. The molecule has 146 valence electrons. The van der Waals surface area contributed by atoms with E-state index in [1.807, 2.05) is 17.0 Å². The molecule has 3 rings (SSSR count). The van der Waals surface area contributed by atoms with E-state index in [0.29, 0.717) is 24.2 Å². The first-order chi connectivity index (χ1) is 13.1. The SMILES string of the molecule is CCC(C)N(Cc1ccc(OC)cc1)Cc1nc(C(=O)N2CCCC2)co1. The zero-order valence-electron chi connectivity index (χ0n) is 16.5. The minimum atomic E-state index is -0.0206. The summed E-state index contributed by atoms with van der Waals surface area (Å²) in [6.45, 7) is 7.37. The number of hydrogen-bond donors (Lipinski definition) is 0. The van der Waals surface area contributed by atoms with Crippen LogP contribution in [0, 0.1) is 0 Å². The van der Waals surface area contributed by atoms with Gasteiger partial charge in [-0.05, 0) is 43.9 Å². The zero-order valence-corrected chi connectivity index (χ0v) is 16.5. The maximum Gasteiger partial charge on any atom is 0.275 e. The lowest BCUT2D eigenvalue weighted by Gasteiger charge is -2.27. The minimum absolute atomic E-state index is 0.0206. The van der Waals surface area contributed by atoms with Crippen LogP contribution in [-0.4, -0.2) is 46.9 Å². The average Bonchev–Trinajstić information content (AvgIpc) is 3.39. The van der Waals surface area contributed by atoms with E-state index in [2.05, 4.69) is 35.9 Å². The van der Waals surface area contributed by atoms with Crippen LogP contribution in [0.2, 0.25) is 0 Å². The summed E-state index contributed by atoms with van der Waals surface area (Å²) in [7, 11) is 1.67. The molecule has 1 aliphatic rings. The molecule has 1 amide bonds. The van der Waals surface area contributed by atoms with E-state index in [-0.39, 0.29) is 5.91 Å². The fraction of sp³-hybridized carbons (Fsp3) is 0.524. The molecule has 1 aliphatic heterocycles. The molecule has 27 heavy (non-hydrogen) atoms. The summed E-state index contributed by atoms with van der Waals surface area (Å²) in [6, 6.07) is 8.47. The summed E-state index contributed by atoms with van der Waals surface area (Å²) in [6.07, 6.45) is 4.66. The van der Waals surface area contributed by atoms with Crippen LogP contribution in [0.1, 0.15) is 55.1 Å². The highest BCUT2D eigenvalue weighted by Gasteiger charge is 2.23. The van der Waals surface area contributed by atoms with Crippen LogP contribution in [0.4, 0.5) is 0 Å². The number of hydrogen-bond acceptors (Lipinski definition) is 5. The smallest absolute Gasteiger partial charge is 0.275 e. The molecule has 0 N–H and O–H groups in total. The predicted octanol–water partition coefficient (Wildman–Crippen LogP) is 3.72. The summed E-state index contributed by atoms with van der Waals surface area (Å²) in [5.74, 6) is 1.42. The van der Waals surface area contributed by atoms with Gasteiger partial charge in [-0.15, -0.1) is 0 Å². The number of oxazole rings is 1. The lowest BCUT2D eigenvalue weighted by molar-refractivity contribution is 0.0787. The number of methoxy groups -OCH3 is 1. The van der Waals surface area contributed by atoms with Crippen molar-refractivity contribution in [1.82, 2.24) is 14.8 Å². The van der Waals surface area contributed by atoms with E-state index in [9.17, 15) is 4.79 Å². The topological polar surface area (TPSA) is 58.8 Å². The average molecular weight is 371 g/mol. The van der Waals surface area contributed by atoms with Crippen molar-refractivity contribution < 1.29 is 13.9 Å². The summed E-state index contributed by atoms with van der Waals surface area (Å²) in [5.41, 5.74) is 1.62. The maximum absolute atomic E-state index is 12.5. The summed E-state index contributed by atoms with van der Waals surface area (Å²) in [4.78, 5) is 21.1. The second kappa shape index (κ2) is 9.04.